The van der Waals surface area contributed by atoms with Crippen LogP contribution in [0.2, 0.25) is 0 Å². The highest BCUT2D eigenvalue weighted by Crippen LogP contribution is 2.42. The van der Waals surface area contributed by atoms with Crippen molar-refractivity contribution >= 4 is 43.9 Å². The van der Waals surface area contributed by atoms with Crippen LogP contribution < -0.4 is 0 Å². The van der Waals surface area contributed by atoms with Gasteiger partial charge in [0, 0.05) is 56.2 Å². The molecule has 9 aromatic rings. The predicted molar refractivity (Wildman–Crippen MR) is 174 cm³/mol. The lowest BCUT2D eigenvalue weighted by atomic mass is 9.97. The SMILES string of the molecule is c1ccc(-c2nc(-c3ccccc3)nc(-c3cc(-c4cccc5c4oc4ccccc45)cc4oc5ccncc5c34)n2)cc1. The lowest BCUT2D eigenvalue weighted by Crippen LogP contribution is -2.00. The number of hydrogen-bond donors (Lipinski definition) is 0. The molecule has 0 amide bonds. The number of para-hydroxylation sites is 2. The zero-order valence-electron chi connectivity index (χ0n) is 23.3. The number of fused-ring (bicyclic) bond motifs is 6. The predicted octanol–water partition coefficient (Wildman–Crippen LogP) is 9.73. The molecule has 0 unspecified atom stereocenters. The van der Waals surface area contributed by atoms with Gasteiger partial charge in [0.2, 0.25) is 0 Å². The quantitative estimate of drug-likeness (QED) is 0.211. The van der Waals surface area contributed by atoms with E-state index in [0.717, 1.165) is 71.7 Å². The fourth-order valence-corrected chi connectivity index (χ4v) is 5.99. The minimum Gasteiger partial charge on any atom is -0.456 e. The molecule has 0 aliphatic carbocycles. The maximum absolute atomic E-state index is 6.44. The summed E-state index contributed by atoms with van der Waals surface area (Å²) in [6.45, 7) is 0. The Labute approximate surface area is 251 Å². The van der Waals surface area contributed by atoms with Gasteiger partial charge in [0.1, 0.15) is 22.3 Å². The largest absolute Gasteiger partial charge is 0.456 e. The molecule has 0 aliphatic rings. The molecule has 6 nitrogen and oxygen atoms in total. The Morgan fingerprint density at radius 2 is 1.09 bits per heavy atom. The van der Waals surface area contributed by atoms with E-state index in [0.29, 0.717) is 17.5 Å². The molecule has 0 N–H and O–H groups in total. The molecule has 0 spiro atoms. The molecule has 6 heteroatoms. The van der Waals surface area contributed by atoms with E-state index in [1.165, 1.54) is 0 Å². The van der Waals surface area contributed by atoms with Crippen LogP contribution in [0.5, 0.6) is 0 Å². The molecule has 5 aromatic carbocycles. The van der Waals surface area contributed by atoms with Crippen molar-refractivity contribution in [1.29, 1.82) is 0 Å². The second kappa shape index (κ2) is 9.71. The van der Waals surface area contributed by atoms with Crippen LogP contribution in [0.1, 0.15) is 0 Å². The molecule has 0 aliphatic heterocycles. The number of rotatable bonds is 4. The second-order valence-electron chi connectivity index (χ2n) is 10.7. The van der Waals surface area contributed by atoms with Crippen molar-refractivity contribution in [3.8, 4) is 45.3 Å². The lowest BCUT2D eigenvalue weighted by molar-refractivity contribution is 0.668. The van der Waals surface area contributed by atoms with Crippen molar-refractivity contribution in [3.63, 3.8) is 0 Å². The first-order valence-electron chi connectivity index (χ1n) is 14.4. The van der Waals surface area contributed by atoms with Gasteiger partial charge in [0.25, 0.3) is 0 Å². The first kappa shape index (κ1) is 24.5. The van der Waals surface area contributed by atoms with Gasteiger partial charge in [-0.1, -0.05) is 97.1 Å². The van der Waals surface area contributed by atoms with Gasteiger partial charge in [0.15, 0.2) is 17.5 Å². The fourth-order valence-electron chi connectivity index (χ4n) is 5.99. The van der Waals surface area contributed by atoms with E-state index >= 15 is 0 Å². The van der Waals surface area contributed by atoms with Crippen molar-refractivity contribution in [2.45, 2.75) is 0 Å². The van der Waals surface area contributed by atoms with Crippen molar-refractivity contribution in [3.05, 3.63) is 134 Å². The summed E-state index contributed by atoms with van der Waals surface area (Å²) >= 11 is 0. The molecule has 206 valence electrons. The maximum atomic E-state index is 6.44. The average Bonchev–Trinajstić information content (AvgIpc) is 3.67. The smallest absolute Gasteiger partial charge is 0.164 e. The number of hydrogen-bond acceptors (Lipinski definition) is 6. The van der Waals surface area contributed by atoms with Crippen molar-refractivity contribution < 1.29 is 8.83 Å². The lowest BCUT2D eigenvalue weighted by Gasteiger charge is -2.11. The van der Waals surface area contributed by atoms with Gasteiger partial charge >= 0.3 is 0 Å². The van der Waals surface area contributed by atoms with Crippen LogP contribution in [0.4, 0.5) is 0 Å². The zero-order chi connectivity index (χ0) is 29.0. The highest BCUT2D eigenvalue weighted by Gasteiger charge is 2.21. The molecule has 0 radical (unpaired) electrons. The molecular formula is C38H22N4O2. The van der Waals surface area contributed by atoms with Crippen LogP contribution in [0.25, 0.3) is 89.2 Å². The van der Waals surface area contributed by atoms with E-state index in [9.17, 15) is 0 Å². The van der Waals surface area contributed by atoms with Crippen LogP contribution in [0.15, 0.2) is 143 Å². The molecule has 9 rings (SSSR count). The maximum Gasteiger partial charge on any atom is 0.164 e. The Morgan fingerprint density at radius 3 is 1.86 bits per heavy atom. The van der Waals surface area contributed by atoms with E-state index in [1.54, 1.807) is 6.20 Å². The highest BCUT2D eigenvalue weighted by molar-refractivity contribution is 6.15. The molecular weight excluding hydrogens is 544 g/mol. The van der Waals surface area contributed by atoms with E-state index in [4.69, 9.17) is 23.8 Å². The Morgan fingerprint density at radius 1 is 0.432 bits per heavy atom. The van der Waals surface area contributed by atoms with E-state index in [1.807, 2.05) is 91.1 Å². The number of pyridine rings is 1. The van der Waals surface area contributed by atoms with Crippen molar-refractivity contribution in [2.24, 2.45) is 0 Å². The summed E-state index contributed by atoms with van der Waals surface area (Å²) in [6, 6.07) is 40.4. The number of aromatic nitrogens is 4. The Kier molecular flexibility index (Phi) is 5.40. The highest BCUT2D eigenvalue weighted by atomic mass is 16.3. The van der Waals surface area contributed by atoms with Crippen molar-refractivity contribution in [2.75, 3.05) is 0 Å². The van der Waals surface area contributed by atoms with Crippen molar-refractivity contribution in [1.82, 2.24) is 19.9 Å². The first-order valence-corrected chi connectivity index (χ1v) is 14.4. The molecule has 44 heavy (non-hydrogen) atoms. The van der Waals surface area contributed by atoms with Crippen LogP contribution >= 0.6 is 0 Å². The molecule has 4 aromatic heterocycles. The Balaban J connectivity index is 1.37. The first-order chi connectivity index (χ1) is 21.8. The normalized spacial score (nSPS) is 11.6. The van der Waals surface area contributed by atoms with Gasteiger partial charge in [-0.15, -0.1) is 0 Å². The third-order valence-corrected chi connectivity index (χ3v) is 8.03. The third kappa shape index (κ3) is 3.89. The summed E-state index contributed by atoms with van der Waals surface area (Å²) in [5, 5.41) is 3.94. The summed E-state index contributed by atoms with van der Waals surface area (Å²) in [5.74, 6) is 1.74. The van der Waals surface area contributed by atoms with Gasteiger partial charge in [-0.2, -0.15) is 0 Å². The Hall–Kier alpha value is -6.14. The van der Waals surface area contributed by atoms with Gasteiger partial charge in [-0.3, -0.25) is 4.98 Å². The summed E-state index contributed by atoms with van der Waals surface area (Å²) in [7, 11) is 0. The molecule has 4 heterocycles. The van der Waals surface area contributed by atoms with Gasteiger partial charge in [-0.05, 0) is 29.8 Å². The van der Waals surface area contributed by atoms with Crippen LogP contribution in [-0.2, 0) is 0 Å². The fraction of sp³-hybridized carbons (Fsp3) is 0. The van der Waals surface area contributed by atoms with Crippen LogP contribution in [0.3, 0.4) is 0 Å². The molecule has 0 bridgehead atoms. The van der Waals surface area contributed by atoms with E-state index in [-0.39, 0.29) is 0 Å². The van der Waals surface area contributed by atoms with E-state index in [2.05, 4.69) is 41.4 Å². The molecule has 0 saturated heterocycles. The van der Waals surface area contributed by atoms with Crippen LogP contribution in [-0.4, -0.2) is 19.9 Å². The average molecular weight is 567 g/mol. The van der Waals surface area contributed by atoms with E-state index < -0.39 is 0 Å². The molecule has 0 saturated carbocycles. The number of furan rings is 2. The number of nitrogens with zero attached hydrogens (tertiary/aromatic N) is 4. The Bertz CT molecular complexity index is 2440. The summed E-state index contributed by atoms with van der Waals surface area (Å²) < 4.78 is 12.9. The summed E-state index contributed by atoms with van der Waals surface area (Å²) in [4.78, 5) is 19.4. The molecule has 0 atom stereocenters. The second-order valence-corrected chi connectivity index (χ2v) is 10.7. The van der Waals surface area contributed by atoms with Gasteiger partial charge in [-0.25, -0.2) is 15.0 Å². The third-order valence-electron chi connectivity index (χ3n) is 8.03. The monoisotopic (exact) mass is 566 g/mol. The van der Waals surface area contributed by atoms with Crippen LogP contribution in [0, 0.1) is 0 Å². The standard InChI is InChI=1S/C38H22N4O2/c1-3-10-23(11-4-1)36-40-37(24-12-5-2-6-13-24)42-38(41-36)29-20-25(21-33-34(29)30-22-39-19-18-32(30)43-33)26-15-9-16-28-27-14-7-8-17-31(27)44-35(26)28/h1-22H. The van der Waals surface area contributed by atoms with Gasteiger partial charge < -0.3 is 8.83 Å². The topological polar surface area (TPSA) is 77.8 Å². The minimum absolute atomic E-state index is 0.549. The number of benzene rings is 5. The zero-order valence-corrected chi connectivity index (χ0v) is 23.3. The summed E-state index contributed by atoms with van der Waals surface area (Å²) in [6.07, 6.45) is 3.58. The summed E-state index contributed by atoms with van der Waals surface area (Å²) in [5.41, 5.74) is 7.68. The van der Waals surface area contributed by atoms with Gasteiger partial charge in [0.05, 0.1) is 0 Å². The molecule has 0 fully saturated rings. The minimum atomic E-state index is 0.549.